The fourth-order valence-electron chi connectivity index (χ4n) is 2.56. The zero-order valence-corrected chi connectivity index (χ0v) is 15.6. The lowest BCUT2D eigenvalue weighted by molar-refractivity contribution is -0.137. The Bertz CT molecular complexity index is 918. The van der Waals surface area contributed by atoms with E-state index in [0.29, 0.717) is 15.6 Å². The van der Waals surface area contributed by atoms with Gasteiger partial charge in [0.2, 0.25) is 11.8 Å². The third kappa shape index (κ3) is 4.56. The second-order valence-electron chi connectivity index (χ2n) is 6.02. The monoisotopic (exact) mass is 414 g/mol. The molecule has 1 aliphatic rings. The zero-order chi connectivity index (χ0) is 19.8. The van der Waals surface area contributed by atoms with E-state index in [1.54, 1.807) is 18.2 Å². The van der Waals surface area contributed by atoms with E-state index in [-0.39, 0.29) is 18.0 Å². The number of benzene rings is 2. The van der Waals surface area contributed by atoms with Crippen LogP contribution in [0.25, 0.3) is 0 Å². The summed E-state index contributed by atoms with van der Waals surface area (Å²) in [5.41, 5.74) is 0.624. The Balaban J connectivity index is 1.71. The smallest absolute Gasteiger partial charge is 0.326 e. The lowest BCUT2D eigenvalue weighted by Crippen LogP contribution is -2.32. The number of amides is 2. The van der Waals surface area contributed by atoms with Gasteiger partial charge >= 0.3 is 6.18 Å². The van der Waals surface area contributed by atoms with Gasteiger partial charge in [0.1, 0.15) is 0 Å². The van der Waals surface area contributed by atoms with Crippen molar-refractivity contribution in [2.45, 2.75) is 29.7 Å². The van der Waals surface area contributed by atoms with E-state index < -0.39 is 22.9 Å². The highest BCUT2D eigenvalue weighted by atomic mass is 35.5. The van der Waals surface area contributed by atoms with Crippen molar-refractivity contribution < 1.29 is 22.8 Å². The number of alkyl halides is 3. The second kappa shape index (κ2) is 7.44. The number of hydrogen-bond donors (Lipinski definition) is 2. The Kier molecular flexibility index (Phi) is 5.39. The van der Waals surface area contributed by atoms with Gasteiger partial charge in [-0.1, -0.05) is 17.7 Å². The van der Waals surface area contributed by atoms with Crippen molar-refractivity contribution in [2.75, 3.05) is 10.6 Å². The third-order valence-electron chi connectivity index (χ3n) is 3.97. The summed E-state index contributed by atoms with van der Waals surface area (Å²) < 4.78 is 38.4. The van der Waals surface area contributed by atoms with Crippen LogP contribution in [0.15, 0.2) is 41.3 Å². The maximum absolute atomic E-state index is 12.8. The SMILES string of the molecule is Cc1ccc(Cl)cc1NC(=O)CC1Sc2ccc(C(F)(F)F)cc2NC1=O. The van der Waals surface area contributed by atoms with E-state index in [1.165, 1.54) is 6.07 Å². The number of hydrogen-bond acceptors (Lipinski definition) is 3. The maximum atomic E-state index is 12.8. The van der Waals surface area contributed by atoms with Crippen LogP contribution in [0.1, 0.15) is 17.5 Å². The third-order valence-corrected chi connectivity index (χ3v) is 5.48. The lowest BCUT2D eigenvalue weighted by Gasteiger charge is -2.24. The van der Waals surface area contributed by atoms with Gasteiger partial charge in [-0.05, 0) is 42.8 Å². The second-order valence-corrected chi connectivity index (χ2v) is 7.70. The summed E-state index contributed by atoms with van der Waals surface area (Å²) >= 11 is 6.98. The molecule has 1 unspecified atom stereocenters. The number of nitrogens with one attached hydrogen (secondary N) is 2. The van der Waals surface area contributed by atoms with Crippen molar-refractivity contribution in [3.05, 3.63) is 52.5 Å². The number of thioether (sulfide) groups is 1. The molecule has 2 N–H and O–H groups in total. The first-order valence-corrected chi connectivity index (χ1v) is 9.14. The summed E-state index contributed by atoms with van der Waals surface area (Å²) in [6.45, 7) is 1.81. The Labute approximate surface area is 162 Å². The number of anilines is 2. The number of halogens is 4. The van der Waals surface area contributed by atoms with Gasteiger partial charge in [-0.15, -0.1) is 11.8 Å². The quantitative estimate of drug-likeness (QED) is 0.733. The van der Waals surface area contributed by atoms with Crippen LogP contribution in [0.2, 0.25) is 5.02 Å². The van der Waals surface area contributed by atoms with Crippen molar-refractivity contribution in [1.82, 2.24) is 0 Å². The van der Waals surface area contributed by atoms with E-state index in [1.807, 2.05) is 6.92 Å². The van der Waals surface area contributed by atoms with Crippen molar-refractivity contribution in [2.24, 2.45) is 0 Å². The molecule has 0 spiro atoms. The van der Waals surface area contributed by atoms with Crippen LogP contribution in [0, 0.1) is 6.92 Å². The first-order chi connectivity index (χ1) is 12.6. The normalized spacial score (nSPS) is 16.5. The van der Waals surface area contributed by atoms with E-state index in [2.05, 4.69) is 10.6 Å². The molecule has 4 nitrogen and oxygen atoms in total. The first-order valence-electron chi connectivity index (χ1n) is 7.88. The van der Waals surface area contributed by atoms with Crippen molar-refractivity contribution in [1.29, 1.82) is 0 Å². The van der Waals surface area contributed by atoms with Crippen LogP contribution in [0.5, 0.6) is 0 Å². The number of aryl methyl sites for hydroxylation is 1. The molecule has 0 aromatic heterocycles. The molecule has 27 heavy (non-hydrogen) atoms. The molecule has 1 aliphatic heterocycles. The molecule has 1 heterocycles. The molecule has 2 aromatic carbocycles. The minimum absolute atomic E-state index is 0.0992. The molecule has 2 aromatic rings. The van der Waals surface area contributed by atoms with Gasteiger partial charge in [-0.2, -0.15) is 13.2 Å². The molecule has 142 valence electrons. The first kappa shape index (κ1) is 19.6. The Morgan fingerprint density at radius 1 is 1.26 bits per heavy atom. The summed E-state index contributed by atoms with van der Waals surface area (Å²) in [5.74, 6) is -0.895. The van der Waals surface area contributed by atoms with Crippen molar-refractivity contribution >= 4 is 46.6 Å². The molecule has 1 atom stereocenters. The highest BCUT2D eigenvalue weighted by molar-refractivity contribution is 8.01. The predicted octanol–water partition coefficient (Wildman–Crippen LogP) is 5.11. The standard InChI is InChI=1S/C18H14ClF3N2O2S/c1-9-2-4-11(19)7-12(9)23-16(25)8-15-17(26)24-13-6-10(18(20,21)22)3-5-14(13)27-15/h2-7,15H,8H2,1H3,(H,23,25)(H,24,26). The largest absolute Gasteiger partial charge is 0.416 e. The average Bonchev–Trinajstić information content (AvgIpc) is 2.57. The number of rotatable bonds is 3. The Morgan fingerprint density at radius 2 is 2.00 bits per heavy atom. The number of fused-ring (bicyclic) bond motifs is 1. The highest BCUT2D eigenvalue weighted by Crippen LogP contribution is 2.40. The molecule has 0 fully saturated rings. The van der Waals surface area contributed by atoms with Crippen LogP contribution in [-0.4, -0.2) is 17.1 Å². The highest BCUT2D eigenvalue weighted by Gasteiger charge is 2.34. The summed E-state index contributed by atoms with van der Waals surface area (Å²) in [4.78, 5) is 25.0. The predicted molar refractivity (Wildman–Crippen MR) is 99.2 cm³/mol. The van der Waals surface area contributed by atoms with E-state index in [4.69, 9.17) is 11.6 Å². The van der Waals surface area contributed by atoms with Crippen LogP contribution < -0.4 is 10.6 Å². The van der Waals surface area contributed by atoms with Gasteiger partial charge in [0, 0.05) is 22.0 Å². The maximum Gasteiger partial charge on any atom is 0.416 e. The van der Waals surface area contributed by atoms with Crippen molar-refractivity contribution in [3.63, 3.8) is 0 Å². The molecule has 0 bridgehead atoms. The summed E-state index contributed by atoms with van der Waals surface area (Å²) in [7, 11) is 0. The molecular weight excluding hydrogens is 401 g/mol. The van der Waals surface area contributed by atoms with Crippen LogP contribution in [0.3, 0.4) is 0 Å². The number of carbonyl (C=O) groups is 2. The van der Waals surface area contributed by atoms with Crippen LogP contribution >= 0.6 is 23.4 Å². The Morgan fingerprint density at radius 3 is 2.70 bits per heavy atom. The fourth-order valence-corrected chi connectivity index (χ4v) is 3.82. The van der Waals surface area contributed by atoms with Gasteiger partial charge in [0.15, 0.2) is 0 Å². The molecule has 3 rings (SSSR count). The number of carbonyl (C=O) groups excluding carboxylic acids is 2. The van der Waals surface area contributed by atoms with Crippen LogP contribution in [0.4, 0.5) is 24.5 Å². The fraction of sp³-hybridized carbons (Fsp3) is 0.222. The minimum Gasteiger partial charge on any atom is -0.326 e. The van der Waals surface area contributed by atoms with Gasteiger partial charge < -0.3 is 10.6 Å². The summed E-state index contributed by atoms with van der Waals surface area (Å²) in [6.07, 6.45) is -4.61. The van der Waals surface area contributed by atoms with E-state index >= 15 is 0 Å². The van der Waals surface area contributed by atoms with Gasteiger partial charge in [0.25, 0.3) is 0 Å². The minimum atomic E-state index is -4.49. The van der Waals surface area contributed by atoms with E-state index in [0.717, 1.165) is 29.5 Å². The summed E-state index contributed by atoms with van der Waals surface area (Å²) in [6, 6.07) is 8.21. The van der Waals surface area contributed by atoms with Gasteiger partial charge in [0.05, 0.1) is 16.5 Å². The van der Waals surface area contributed by atoms with Crippen LogP contribution in [-0.2, 0) is 15.8 Å². The molecule has 0 radical (unpaired) electrons. The molecule has 0 aliphatic carbocycles. The molecule has 0 saturated carbocycles. The summed E-state index contributed by atoms with van der Waals surface area (Å²) in [5, 5.41) is 4.88. The average molecular weight is 415 g/mol. The van der Waals surface area contributed by atoms with Crippen molar-refractivity contribution in [3.8, 4) is 0 Å². The molecular formula is C18H14ClF3N2O2S. The van der Waals surface area contributed by atoms with Gasteiger partial charge in [-0.3, -0.25) is 9.59 Å². The topological polar surface area (TPSA) is 58.2 Å². The van der Waals surface area contributed by atoms with Gasteiger partial charge in [-0.25, -0.2) is 0 Å². The molecule has 9 heteroatoms. The Hall–Kier alpha value is -2.19. The zero-order valence-electron chi connectivity index (χ0n) is 14.0. The molecule has 2 amide bonds. The lowest BCUT2D eigenvalue weighted by atomic mass is 10.1. The molecule has 0 saturated heterocycles. The van der Waals surface area contributed by atoms with E-state index in [9.17, 15) is 22.8 Å².